The standard InChI is InChI=1S/C21H23N3OS/c1-15-7-8-19(26-15)21(25)23-18-9-12-24(13-10-18)14-17-5-2-4-16-6-3-11-22-20(16)17/h2-8,11,18H,9-10,12-14H2,1H3,(H,23,25). The molecule has 1 aliphatic rings. The number of hydrogen-bond donors (Lipinski definition) is 1. The van der Waals surface area contributed by atoms with Gasteiger partial charge in [-0.3, -0.25) is 14.7 Å². The van der Waals surface area contributed by atoms with Gasteiger partial charge in [-0.2, -0.15) is 0 Å². The highest BCUT2D eigenvalue weighted by atomic mass is 32.1. The zero-order valence-corrected chi connectivity index (χ0v) is 15.8. The Balaban J connectivity index is 1.34. The van der Waals surface area contributed by atoms with Crippen molar-refractivity contribution in [3.63, 3.8) is 0 Å². The van der Waals surface area contributed by atoms with Gasteiger partial charge in [-0.1, -0.05) is 24.3 Å². The zero-order valence-electron chi connectivity index (χ0n) is 14.9. The first-order valence-corrected chi connectivity index (χ1v) is 9.93. The molecule has 3 aromatic rings. The second-order valence-electron chi connectivity index (χ2n) is 6.93. The fourth-order valence-corrected chi connectivity index (χ4v) is 4.36. The van der Waals surface area contributed by atoms with E-state index in [0.717, 1.165) is 42.9 Å². The van der Waals surface area contributed by atoms with E-state index in [2.05, 4.69) is 39.5 Å². The summed E-state index contributed by atoms with van der Waals surface area (Å²) in [5.41, 5.74) is 2.37. The topological polar surface area (TPSA) is 45.2 Å². The Kier molecular flexibility index (Phi) is 5.00. The number of hydrogen-bond acceptors (Lipinski definition) is 4. The predicted molar refractivity (Wildman–Crippen MR) is 107 cm³/mol. The molecule has 1 fully saturated rings. The Bertz CT molecular complexity index is 907. The van der Waals surface area contributed by atoms with Crippen molar-refractivity contribution in [2.75, 3.05) is 13.1 Å². The molecule has 4 nitrogen and oxygen atoms in total. The van der Waals surface area contributed by atoms with Crippen LogP contribution in [-0.2, 0) is 6.54 Å². The van der Waals surface area contributed by atoms with Crippen molar-refractivity contribution in [2.24, 2.45) is 0 Å². The molecule has 134 valence electrons. The van der Waals surface area contributed by atoms with Crippen LogP contribution in [-0.4, -0.2) is 34.9 Å². The van der Waals surface area contributed by atoms with Gasteiger partial charge < -0.3 is 5.32 Å². The van der Waals surface area contributed by atoms with Crippen LogP contribution >= 0.6 is 11.3 Å². The molecule has 0 bridgehead atoms. The number of thiophene rings is 1. The molecule has 0 radical (unpaired) electrons. The van der Waals surface area contributed by atoms with Crippen molar-refractivity contribution < 1.29 is 4.79 Å². The number of fused-ring (bicyclic) bond motifs is 1. The maximum absolute atomic E-state index is 12.3. The smallest absolute Gasteiger partial charge is 0.261 e. The van der Waals surface area contributed by atoms with Crippen molar-refractivity contribution in [1.82, 2.24) is 15.2 Å². The Hall–Kier alpha value is -2.24. The molecule has 4 rings (SSSR count). The molecule has 1 aliphatic heterocycles. The summed E-state index contributed by atoms with van der Waals surface area (Å²) in [6.07, 6.45) is 3.85. The molecule has 5 heteroatoms. The molecule has 0 unspecified atom stereocenters. The molecule has 0 saturated carbocycles. The van der Waals surface area contributed by atoms with Gasteiger partial charge in [0.05, 0.1) is 10.4 Å². The quantitative estimate of drug-likeness (QED) is 0.760. The van der Waals surface area contributed by atoms with Crippen LogP contribution in [0.5, 0.6) is 0 Å². The number of piperidine rings is 1. The third-order valence-electron chi connectivity index (χ3n) is 5.00. The van der Waals surface area contributed by atoms with E-state index in [1.807, 2.05) is 31.3 Å². The Labute approximate surface area is 157 Å². The number of rotatable bonds is 4. The summed E-state index contributed by atoms with van der Waals surface area (Å²) in [7, 11) is 0. The molecule has 0 atom stereocenters. The third-order valence-corrected chi connectivity index (χ3v) is 6.00. The van der Waals surface area contributed by atoms with E-state index in [1.54, 1.807) is 11.3 Å². The van der Waals surface area contributed by atoms with Gasteiger partial charge in [0, 0.05) is 42.1 Å². The lowest BCUT2D eigenvalue weighted by Gasteiger charge is -2.32. The average molecular weight is 366 g/mol. The normalized spacial score (nSPS) is 16.0. The molecule has 1 saturated heterocycles. The van der Waals surface area contributed by atoms with Crippen molar-refractivity contribution in [3.8, 4) is 0 Å². The molecule has 0 aliphatic carbocycles. The first-order chi connectivity index (χ1) is 12.7. The van der Waals surface area contributed by atoms with Gasteiger partial charge >= 0.3 is 0 Å². The molecule has 1 N–H and O–H groups in total. The van der Waals surface area contributed by atoms with E-state index in [1.165, 1.54) is 15.8 Å². The number of benzene rings is 1. The second-order valence-corrected chi connectivity index (χ2v) is 8.21. The zero-order chi connectivity index (χ0) is 17.9. The number of pyridine rings is 1. The van der Waals surface area contributed by atoms with Crippen LogP contribution < -0.4 is 5.32 Å². The van der Waals surface area contributed by atoms with E-state index in [9.17, 15) is 4.79 Å². The van der Waals surface area contributed by atoms with E-state index >= 15 is 0 Å². The number of nitrogens with zero attached hydrogens (tertiary/aromatic N) is 2. The summed E-state index contributed by atoms with van der Waals surface area (Å²) < 4.78 is 0. The highest BCUT2D eigenvalue weighted by molar-refractivity contribution is 7.13. The second kappa shape index (κ2) is 7.56. The van der Waals surface area contributed by atoms with Crippen LogP contribution in [0, 0.1) is 6.92 Å². The maximum atomic E-state index is 12.3. The number of carbonyl (C=O) groups excluding carboxylic acids is 1. The van der Waals surface area contributed by atoms with E-state index < -0.39 is 0 Å². The molecule has 0 spiro atoms. The van der Waals surface area contributed by atoms with Gasteiger partial charge in [-0.05, 0) is 43.5 Å². The van der Waals surface area contributed by atoms with E-state index in [0.29, 0.717) is 0 Å². The summed E-state index contributed by atoms with van der Waals surface area (Å²) in [5, 5.41) is 4.39. The van der Waals surface area contributed by atoms with E-state index in [4.69, 9.17) is 0 Å². The highest BCUT2D eigenvalue weighted by Gasteiger charge is 2.22. The van der Waals surface area contributed by atoms with Crippen molar-refractivity contribution in [3.05, 3.63) is 64.0 Å². The van der Waals surface area contributed by atoms with Gasteiger partial charge in [0.1, 0.15) is 0 Å². The Morgan fingerprint density at radius 2 is 2.00 bits per heavy atom. The lowest BCUT2D eigenvalue weighted by Crippen LogP contribution is -2.44. The molecule has 1 aromatic carbocycles. The van der Waals surface area contributed by atoms with Crippen LogP contribution in [0.15, 0.2) is 48.7 Å². The van der Waals surface area contributed by atoms with Crippen molar-refractivity contribution in [2.45, 2.75) is 32.4 Å². The highest BCUT2D eigenvalue weighted by Crippen LogP contribution is 2.21. The number of aromatic nitrogens is 1. The van der Waals surface area contributed by atoms with Crippen molar-refractivity contribution >= 4 is 28.1 Å². The molecule has 2 aromatic heterocycles. The van der Waals surface area contributed by atoms with Crippen LogP contribution in [0.25, 0.3) is 10.9 Å². The van der Waals surface area contributed by atoms with Gasteiger partial charge in [0.2, 0.25) is 0 Å². The first-order valence-electron chi connectivity index (χ1n) is 9.11. The number of carbonyl (C=O) groups is 1. The minimum Gasteiger partial charge on any atom is -0.349 e. The SMILES string of the molecule is Cc1ccc(C(=O)NC2CCN(Cc3cccc4cccnc34)CC2)s1. The minimum atomic E-state index is 0.0693. The summed E-state index contributed by atoms with van der Waals surface area (Å²) >= 11 is 1.56. The fourth-order valence-electron chi connectivity index (χ4n) is 3.58. The molecular formula is C21H23N3OS. The lowest BCUT2D eigenvalue weighted by atomic mass is 10.0. The molecule has 26 heavy (non-hydrogen) atoms. The Morgan fingerprint density at radius 1 is 1.19 bits per heavy atom. The molecule has 1 amide bonds. The van der Waals surface area contributed by atoms with Crippen LogP contribution in [0.2, 0.25) is 0 Å². The fraction of sp³-hybridized carbons (Fsp3) is 0.333. The Morgan fingerprint density at radius 3 is 2.77 bits per heavy atom. The number of amides is 1. The van der Waals surface area contributed by atoms with Crippen LogP contribution in [0.4, 0.5) is 0 Å². The summed E-state index contributed by atoms with van der Waals surface area (Å²) in [5.74, 6) is 0.0693. The maximum Gasteiger partial charge on any atom is 0.261 e. The van der Waals surface area contributed by atoms with Crippen LogP contribution in [0.3, 0.4) is 0 Å². The summed E-state index contributed by atoms with van der Waals surface area (Å²) in [6.45, 7) is 4.94. The predicted octanol–water partition coefficient (Wildman–Crippen LogP) is 4.00. The summed E-state index contributed by atoms with van der Waals surface area (Å²) in [4.78, 5) is 21.3. The molecular weight excluding hydrogens is 342 g/mol. The number of likely N-dealkylation sites (tertiary alicyclic amines) is 1. The van der Waals surface area contributed by atoms with Gasteiger partial charge in [-0.15, -0.1) is 11.3 Å². The van der Waals surface area contributed by atoms with Gasteiger partial charge in [0.25, 0.3) is 5.91 Å². The van der Waals surface area contributed by atoms with Gasteiger partial charge in [0.15, 0.2) is 0 Å². The van der Waals surface area contributed by atoms with Crippen LogP contribution in [0.1, 0.15) is 33.0 Å². The van der Waals surface area contributed by atoms with Crippen molar-refractivity contribution in [1.29, 1.82) is 0 Å². The molecule has 3 heterocycles. The number of aryl methyl sites for hydroxylation is 1. The largest absolute Gasteiger partial charge is 0.349 e. The first kappa shape index (κ1) is 17.2. The number of para-hydroxylation sites is 1. The van der Waals surface area contributed by atoms with E-state index in [-0.39, 0.29) is 11.9 Å². The third kappa shape index (κ3) is 3.79. The minimum absolute atomic E-state index is 0.0693. The monoisotopic (exact) mass is 365 g/mol. The lowest BCUT2D eigenvalue weighted by molar-refractivity contribution is 0.0913. The average Bonchev–Trinajstić information content (AvgIpc) is 3.10. The number of nitrogens with one attached hydrogen (secondary N) is 1. The summed E-state index contributed by atoms with van der Waals surface area (Å²) in [6, 6.07) is 14.7. The van der Waals surface area contributed by atoms with Gasteiger partial charge in [-0.25, -0.2) is 0 Å².